The molecule has 4 nitrogen and oxygen atoms in total. The smallest absolute Gasteiger partial charge is 0.462 e. The van der Waals surface area contributed by atoms with E-state index in [4.69, 9.17) is 9.15 Å². The number of carbonyl (C=O) groups excluding carboxylic acids is 1. The lowest BCUT2D eigenvalue weighted by Gasteiger charge is -2.00. The average molecular weight is 184 g/mol. The molecule has 13 heavy (non-hydrogen) atoms. The van der Waals surface area contributed by atoms with Crippen LogP contribution in [0.1, 0.15) is 17.1 Å². The first-order valence-electron chi connectivity index (χ1n) is 3.88. The first-order valence-corrected chi connectivity index (χ1v) is 3.88. The van der Waals surface area contributed by atoms with Crippen molar-refractivity contribution in [1.29, 1.82) is 0 Å². The highest BCUT2D eigenvalue weighted by atomic mass is 16.7. The molecule has 0 saturated carbocycles. The van der Waals surface area contributed by atoms with E-state index in [1.165, 1.54) is 7.11 Å². The Labute approximate surface area is 76.4 Å². The van der Waals surface area contributed by atoms with Crippen LogP contribution in [-0.4, -0.2) is 13.3 Å². The molecule has 1 aromatic rings. The lowest BCUT2D eigenvalue weighted by atomic mass is 10.2. The molecule has 0 bridgehead atoms. The molecule has 0 aromatic carbocycles. The summed E-state index contributed by atoms with van der Waals surface area (Å²) in [6, 6.07) is 0. The molecule has 0 saturated heterocycles. The summed E-state index contributed by atoms with van der Waals surface area (Å²) in [6.45, 7) is 5.37. The molecule has 0 unspecified atom stereocenters. The molecule has 1 heterocycles. The molecule has 0 fully saturated rings. The maximum absolute atomic E-state index is 10.8. The van der Waals surface area contributed by atoms with Crippen molar-refractivity contribution in [3.8, 4) is 5.75 Å². The monoisotopic (exact) mass is 184 g/mol. The van der Waals surface area contributed by atoms with Crippen LogP contribution in [0.3, 0.4) is 0 Å². The second kappa shape index (κ2) is 3.51. The largest absolute Gasteiger partial charge is 0.513 e. The minimum atomic E-state index is -0.730. The number of aryl methyl sites for hydroxylation is 2. The van der Waals surface area contributed by atoms with Gasteiger partial charge in [0.15, 0.2) is 5.75 Å². The van der Waals surface area contributed by atoms with Crippen LogP contribution in [0.4, 0.5) is 4.79 Å². The third-order valence-electron chi connectivity index (χ3n) is 1.85. The van der Waals surface area contributed by atoms with Crippen molar-refractivity contribution in [3.05, 3.63) is 17.1 Å². The van der Waals surface area contributed by atoms with E-state index >= 15 is 0 Å². The number of hydrogen-bond donors (Lipinski definition) is 0. The van der Waals surface area contributed by atoms with Gasteiger partial charge < -0.3 is 13.9 Å². The van der Waals surface area contributed by atoms with Crippen molar-refractivity contribution < 1.29 is 18.7 Å². The fourth-order valence-electron chi connectivity index (χ4n) is 1.05. The van der Waals surface area contributed by atoms with E-state index < -0.39 is 6.16 Å². The van der Waals surface area contributed by atoms with E-state index in [0.717, 1.165) is 11.3 Å². The van der Waals surface area contributed by atoms with Gasteiger partial charge in [-0.3, -0.25) is 0 Å². The van der Waals surface area contributed by atoms with Crippen LogP contribution in [0.5, 0.6) is 5.75 Å². The van der Waals surface area contributed by atoms with Gasteiger partial charge in [-0.15, -0.1) is 0 Å². The molecule has 4 heteroatoms. The minimum Gasteiger partial charge on any atom is -0.462 e. The van der Waals surface area contributed by atoms with Crippen LogP contribution < -0.4 is 4.74 Å². The van der Waals surface area contributed by atoms with Crippen molar-refractivity contribution in [2.24, 2.45) is 0 Å². The van der Waals surface area contributed by atoms with Crippen molar-refractivity contribution >= 4 is 6.16 Å². The SMILES string of the molecule is COC(=O)Oc1c(C)oc(C)c1C. The zero-order chi connectivity index (χ0) is 10.0. The lowest BCUT2D eigenvalue weighted by molar-refractivity contribution is 0.120. The first kappa shape index (κ1) is 9.64. The Balaban J connectivity index is 2.94. The summed E-state index contributed by atoms with van der Waals surface area (Å²) in [5, 5.41) is 0. The summed E-state index contributed by atoms with van der Waals surface area (Å²) < 4.78 is 14.5. The van der Waals surface area contributed by atoms with Crippen molar-refractivity contribution in [3.63, 3.8) is 0 Å². The Hall–Kier alpha value is -1.45. The van der Waals surface area contributed by atoms with Crippen LogP contribution in [0.15, 0.2) is 4.42 Å². The normalized spacial score (nSPS) is 9.85. The fraction of sp³-hybridized carbons (Fsp3) is 0.444. The second-order valence-corrected chi connectivity index (χ2v) is 2.72. The Morgan fingerprint density at radius 3 is 2.23 bits per heavy atom. The van der Waals surface area contributed by atoms with Gasteiger partial charge >= 0.3 is 6.16 Å². The highest BCUT2D eigenvalue weighted by Gasteiger charge is 2.15. The van der Waals surface area contributed by atoms with Crippen LogP contribution in [-0.2, 0) is 4.74 Å². The maximum Gasteiger partial charge on any atom is 0.513 e. The number of rotatable bonds is 1. The molecule has 0 atom stereocenters. The summed E-state index contributed by atoms with van der Waals surface area (Å²) in [6.07, 6.45) is -0.730. The predicted octanol–water partition coefficient (Wildman–Crippen LogP) is 2.35. The Morgan fingerprint density at radius 2 is 1.85 bits per heavy atom. The number of ether oxygens (including phenoxy) is 2. The van der Waals surface area contributed by atoms with Gasteiger partial charge in [0.2, 0.25) is 0 Å². The Bertz CT molecular complexity index is 325. The zero-order valence-electron chi connectivity index (χ0n) is 8.13. The van der Waals surface area contributed by atoms with E-state index in [2.05, 4.69) is 4.74 Å². The standard InChI is InChI=1S/C9H12O4/c1-5-6(2)12-7(3)8(5)13-9(10)11-4/h1-4H3. The number of methoxy groups -OCH3 is 1. The van der Waals surface area contributed by atoms with Crippen LogP contribution in [0, 0.1) is 20.8 Å². The molecule has 0 amide bonds. The van der Waals surface area contributed by atoms with Gasteiger partial charge in [0, 0.05) is 5.56 Å². The first-order chi connectivity index (χ1) is 6.06. The molecule has 1 rings (SSSR count). The molecular weight excluding hydrogens is 172 g/mol. The Morgan fingerprint density at radius 1 is 1.23 bits per heavy atom. The number of hydrogen-bond acceptors (Lipinski definition) is 4. The van der Waals surface area contributed by atoms with Gasteiger partial charge in [-0.2, -0.15) is 0 Å². The number of carbonyl (C=O) groups is 1. The summed E-state index contributed by atoms with van der Waals surface area (Å²) in [4.78, 5) is 10.8. The molecule has 72 valence electrons. The molecule has 1 aromatic heterocycles. The molecule has 0 aliphatic rings. The van der Waals surface area contributed by atoms with Gasteiger partial charge in [0.1, 0.15) is 11.5 Å². The minimum absolute atomic E-state index is 0.448. The van der Waals surface area contributed by atoms with Gasteiger partial charge in [0.05, 0.1) is 7.11 Å². The zero-order valence-corrected chi connectivity index (χ0v) is 8.13. The van der Waals surface area contributed by atoms with Gasteiger partial charge in [-0.25, -0.2) is 4.79 Å². The fourth-order valence-corrected chi connectivity index (χ4v) is 1.05. The molecular formula is C9H12O4. The van der Waals surface area contributed by atoms with E-state index in [1.54, 1.807) is 6.92 Å². The summed E-state index contributed by atoms with van der Waals surface area (Å²) >= 11 is 0. The number of furan rings is 1. The quantitative estimate of drug-likeness (QED) is 0.628. The van der Waals surface area contributed by atoms with Gasteiger partial charge in [0.25, 0.3) is 0 Å². The van der Waals surface area contributed by atoms with Crippen molar-refractivity contribution in [2.45, 2.75) is 20.8 Å². The maximum atomic E-state index is 10.8. The highest BCUT2D eigenvalue weighted by molar-refractivity contribution is 5.64. The summed E-state index contributed by atoms with van der Waals surface area (Å²) in [7, 11) is 1.26. The third-order valence-corrected chi connectivity index (χ3v) is 1.85. The van der Waals surface area contributed by atoms with E-state index in [0.29, 0.717) is 11.5 Å². The third kappa shape index (κ3) is 1.83. The van der Waals surface area contributed by atoms with Gasteiger partial charge in [-0.05, 0) is 20.8 Å². The second-order valence-electron chi connectivity index (χ2n) is 2.72. The molecule has 0 radical (unpaired) electrons. The summed E-state index contributed by atoms with van der Waals surface area (Å²) in [5.74, 6) is 1.78. The van der Waals surface area contributed by atoms with E-state index in [1.807, 2.05) is 13.8 Å². The van der Waals surface area contributed by atoms with Crippen LogP contribution in [0.25, 0.3) is 0 Å². The van der Waals surface area contributed by atoms with Crippen LogP contribution in [0.2, 0.25) is 0 Å². The lowest BCUT2D eigenvalue weighted by Crippen LogP contribution is -2.08. The predicted molar refractivity (Wildman–Crippen MR) is 46.0 cm³/mol. The molecule has 0 aliphatic heterocycles. The van der Waals surface area contributed by atoms with E-state index in [9.17, 15) is 4.79 Å². The molecule has 0 N–H and O–H groups in total. The highest BCUT2D eigenvalue weighted by Crippen LogP contribution is 2.28. The Kier molecular flexibility index (Phi) is 2.60. The summed E-state index contributed by atoms with van der Waals surface area (Å²) in [5.41, 5.74) is 0.822. The molecule has 0 aliphatic carbocycles. The topological polar surface area (TPSA) is 48.7 Å². The van der Waals surface area contributed by atoms with E-state index in [-0.39, 0.29) is 0 Å². The van der Waals surface area contributed by atoms with Gasteiger partial charge in [-0.1, -0.05) is 0 Å². The van der Waals surface area contributed by atoms with Crippen LogP contribution >= 0.6 is 0 Å². The van der Waals surface area contributed by atoms with Crippen molar-refractivity contribution in [1.82, 2.24) is 0 Å². The van der Waals surface area contributed by atoms with Crippen molar-refractivity contribution in [2.75, 3.05) is 7.11 Å². The molecule has 0 spiro atoms. The average Bonchev–Trinajstić information content (AvgIpc) is 2.32.